The average molecular weight is 292 g/mol. The van der Waals surface area contributed by atoms with Gasteiger partial charge < -0.3 is 10.4 Å². The van der Waals surface area contributed by atoms with Gasteiger partial charge in [-0.25, -0.2) is 0 Å². The minimum Gasteiger partial charge on any atom is -0.394 e. The molecule has 0 unspecified atom stereocenters. The summed E-state index contributed by atoms with van der Waals surface area (Å²) < 4.78 is 0. The Balaban J connectivity index is 2.11. The Kier molecular flexibility index (Phi) is 4.44. The molecule has 7 heteroatoms. The minimum absolute atomic E-state index is 0.0876. The van der Waals surface area contributed by atoms with Crippen LogP contribution in [0.4, 0.5) is 5.00 Å². The first-order valence-electron chi connectivity index (χ1n) is 5.82. The molecule has 0 aliphatic carbocycles. The van der Waals surface area contributed by atoms with Crippen molar-refractivity contribution in [3.63, 3.8) is 0 Å². The summed E-state index contributed by atoms with van der Waals surface area (Å²) in [7, 11) is 0. The smallest absolute Gasteiger partial charge is 0.324 e. The van der Waals surface area contributed by atoms with E-state index in [-0.39, 0.29) is 16.5 Å². The van der Waals surface area contributed by atoms with Crippen LogP contribution in [0.2, 0.25) is 0 Å². The number of carbonyl (C=O) groups excluding carboxylic acids is 1. The average Bonchev–Trinajstić information content (AvgIpc) is 2.95. The second-order valence-corrected chi connectivity index (χ2v) is 5.08. The van der Waals surface area contributed by atoms with Gasteiger partial charge in [-0.2, -0.15) is 0 Å². The van der Waals surface area contributed by atoms with E-state index in [0.29, 0.717) is 0 Å². The minimum atomic E-state index is -0.540. The maximum Gasteiger partial charge on any atom is 0.324 e. The van der Waals surface area contributed by atoms with Crippen molar-refractivity contribution in [1.82, 2.24) is 5.32 Å². The lowest BCUT2D eigenvalue weighted by Crippen LogP contribution is -2.30. The van der Waals surface area contributed by atoms with E-state index in [2.05, 4.69) is 5.32 Å². The predicted octanol–water partition coefficient (Wildman–Crippen LogP) is 2.12. The molecule has 1 aromatic heterocycles. The quantitative estimate of drug-likeness (QED) is 0.652. The molecular formula is C13H12N2O4S. The van der Waals surface area contributed by atoms with Crippen molar-refractivity contribution in [2.24, 2.45) is 0 Å². The van der Waals surface area contributed by atoms with E-state index in [1.165, 1.54) is 12.1 Å². The van der Waals surface area contributed by atoms with Gasteiger partial charge in [0.2, 0.25) is 0 Å². The van der Waals surface area contributed by atoms with Gasteiger partial charge in [0.25, 0.3) is 5.91 Å². The highest BCUT2D eigenvalue weighted by molar-refractivity contribution is 7.17. The van der Waals surface area contributed by atoms with Gasteiger partial charge in [0, 0.05) is 6.07 Å². The molecule has 20 heavy (non-hydrogen) atoms. The van der Waals surface area contributed by atoms with Gasteiger partial charge in [-0.05, 0) is 11.6 Å². The molecule has 6 nitrogen and oxygen atoms in total. The Morgan fingerprint density at radius 1 is 1.30 bits per heavy atom. The molecule has 0 spiro atoms. The lowest BCUT2D eigenvalue weighted by atomic mass is 10.1. The van der Waals surface area contributed by atoms with Crippen molar-refractivity contribution >= 4 is 22.2 Å². The number of thiophene rings is 1. The summed E-state index contributed by atoms with van der Waals surface area (Å²) >= 11 is 0.804. The first-order valence-corrected chi connectivity index (χ1v) is 6.64. The number of amides is 1. The number of aliphatic hydroxyl groups is 1. The Bertz CT molecular complexity index is 612. The third-order valence-electron chi connectivity index (χ3n) is 2.69. The van der Waals surface area contributed by atoms with Crippen LogP contribution in [0, 0.1) is 10.1 Å². The molecule has 0 aliphatic heterocycles. The molecule has 1 heterocycles. The standard InChI is InChI=1S/C13H12N2O4S/c16-8-10(9-4-2-1-3-5-9)14-13(17)11-6-7-12(20-11)15(18)19/h1-7,10,16H,8H2,(H,14,17)/t10-/m0/s1. The molecule has 0 fully saturated rings. The number of hydrogen-bond donors (Lipinski definition) is 2. The SMILES string of the molecule is O=C(N[C@@H](CO)c1ccccc1)c1ccc([N+](=O)[O-])s1. The first kappa shape index (κ1) is 14.2. The van der Waals surface area contributed by atoms with E-state index in [0.717, 1.165) is 16.9 Å². The Hall–Kier alpha value is -2.25. The van der Waals surface area contributed by atoms with E-state index in [1.54, 1.807) is 24.3 Å². The first-order chi connectivity index (χ1) is 9.61. The fraction of sp³-hybridized carbons (Fsp3) is 0.154. The van der Waals surface area contributed by atoms with Crippen molar-refractivity contribution in [3.8, 4) is 0 Å². The fourth-order valence-corrected chi connectivity index (χ4v) is 2.42. The molecule has 1 atom stereocenters. The summed E-state index contributed by atoms with van der Waals surface area (Å²) in [6.45, 7) is -0.247. The van der Waals surface area contributed by atoms with Crippen LogP contribution in [0.3, 0.4) is 0 Å². The van der Waals surface area contributed by atoms with Gasteiger partial charge in [0.1, 0.15) is 0 Å². The maximum atomic E-state index is 12.0. The summed E-state index contributed by atoms with van der Waals surface area (Å²) in [6.07, 6.45) is 0. The highest BCUT2D eigenvalue weighted by atomic mass is 32.1. The van der Waals surface area contributed by atoms with Crippen molar-refractivity contribution in [2.75, 3.05) is 6.61 Å². The monoisotopic (exact) mass is 292 g/mol. The zero-order valence-electron chi connectivity index (χ0n) is 10.4. The van der Waals surface area contributed by atoms with Gasteiger partial charge in [0.05, 0.1) is 22.4 Å². The van der Waals surface area contributed by atoms with E-state index in [1.807, 2.05) is 6.07 Å². The summed E-state index contributed by atoms with van der Waals surface area (Å²) in [5, 5.41) is 22.5. The summed E-state index contributed by atoms with van der Waals surface area (Å²) in [4.78, 5) is 22.3. The number of benzene rings is 1. The van der Waals surface area contributed by atoms with Crippen LogP contribution in [0.25, 0.3) is 0 Å². The van der Waals surface area contributed by atoms with Crippen LogP contribution >= 0.6 is 11.3 Å². The molecule has 0 aliphatic rings. The molecule has 0 bridgehead atoms. The van der Waals surface area contributed by atoms with Crippen molar-refractivity contribution in [1.29, 1.82) is 0 Å². The Morgan fingerprint density at radius 3 is 2.55 bits per heavy atom. The molecule has 2 N–H and O–H groups in total. The normalized spacial score (nSPS) is 11.8. The van der Waals surface area contributed by atoms with Crippen LogP contribution < -0.4 is 5.32 Å². The Labute approximate surface area is 118 Å². The molecule has 2 rings (SSSR count). The van der Waals surface area contributed by atoms with Gasteiger partial charge >= 0.3 is 5.00 Å². The topological polar surface area (TPSA) is 92.5 Å². The molecule has 1 aromatic carbocycles. The van der Waals surface area contributed by atoms with Crippen molar-refractivity contribution < 1.29 is 14.8 Å². The predicted molar refractivity (Wildman–Crippen MR) is 74.7 cm³/mol. The number of nitrogens with one attached hydrogen (secondary N) is 1. The fourth-order valence-electron chi connectivity index (χ4n) is 1.70. The number of aliphatic hydroxyl groups excluding tert-OH is 1. The van der Waals surface area contributed by atoms with Crippen molar-refractivity contribution in [2.45, 2.75) is 6.04 Å². The zero-order chi connectivity index (χ0) is 14.5. The van der Waals surface area contributed by atoms with Gasteiger partial charge in [-0.1, -0.05) is 41.7 Å². The third kappa shape index (κ3) is 3.19. The largest absolute Gasteiger partial charge is 0.394 e. The molecular weight excluding hydrogens is 280 g/mol. The number of carbonyl (C=O) groups is 1. The van der Waals surface area contributed by atoms with Gasteiger partial charge in [-0.3, -0.25) is 14.9 Å². The second-order valence-electron chi connectivity index (χ2n) is 4.01. The molecule has 0 saturated heterocycles. The van der Waals surface area contributed by atoms with Gasteiger partial charge in [0.15, 0.2) is 0 Å². The van der Waals surface area contributed by atoms with E-state index in [9.17, 15) is 20.0 Å². The van der Waals surface area contributed by atoms with Crippen molar-refractivity contribution in [3.05, 3.63) is 63.0 Å². The number of rotatable bonds is 5. The number of hydrogen-bond acceptors (Lipinski definition) is 5. The van der Waals surface area contributed by atoms with E-state index in [4.69, 9.17) is 0 Å². The summed E-state index contributed by atoms with van der Waals surface area (Å²) in [5.74, 6) is -0.439. The zero-order valence-corrected chi connectivity index (χ0v) is 11.2. The van der Waals surface area contributed by atoms with E-state index >= 15 is 0 Å². The summed E-state index contributed by atoms with van der Waals surface area (Å²) in [6, 6.07) is 11.2. The number of nitrogens with zero attached hydrogens (tertiary/aromatic N) is 1. The Morgan fingerprint density at radius 2 is 2.00 bits per heavy atom. The van der Waals surface area contributed by atoms with E-state index < -0.39 is 16.9 Å². The molecule has 1 amide bonds. The second kappa shape index (κ2) is 6.27. The van der Waals surface area contributed by atoms with Crippen LogP contribution in [-0.2, 0) is 0 Å². The lowest BCUT2D eigenvalue weighted by Gasteiger charge is -2.15. The summed E-state index contributed by atoms with van der Waals surface area (Å²) in [5.41, 5.74) is 0.773. The third-order valence-corrected chi connectivity index (χ3v) is 3.72. The highest BCUT2D eigenvalue weighted by Crippen LogP contribution is 2.24. The molecule has 2 aromatic rings. The van der Waals surface area contributed by atoms with Crippen LogP contribution in [0.15, 0.2) is 42.5 Å². The van der Waals surface area contributed by atoms with Crippen LogP contribution in [0.1, 0.15) is 21.3 Å². The highest BCUT2D eigenvalue weighted by Gasteiger charge is 2.18. The molecule has 0 saturated carbocycles. The van der Waals surface area contributed by atoms with Crippen LogP contribution in [-0.4, -0.2) is 22.5 Å². The lowest BCUT2D eigenvalue weighted by molar-refractivity contribution is -0.380. The maximum absolute atomic E-state index is 12.0. The van der Waals surface area contributed by atoms with Gasteiger partial charge in [-0.15, -0.1) is 0 Å². The number of nitro groups is 1. The molecule has 104 valence electrons. The van der Waals surface area contributed by atoms with Crippen LogP contribution in [0.5, 0.6) is 0 Å². The molecule has 0 radical (unpaired) electrons.